The number of nitrogens with one attached hydrogen (secondary N) is 1. The maximum atomic E-state index is 6.12. The Morgan fingerprint density at radius 2 is 2.11 bits per heavy atom. The Kier molecular flexibility index (Phi) is 5.41. The third-order valence-corrected chi connectivity index (χ3v) is 4.24. The minimum Gasteiger partial charge on any atom is -0.372 e. The first kappa shape index (κ1) is 14.5. The van der Waals surface area contributed by atoms with Gasteiger partial charge in [-0.25, -0.2) is 0 Å². The Hall–Kier alpha value is -0.860. The maximum Gasteiger partial charge on any atom is 0.0983 e. The lowest BCUT2D eigenvalue weighted by Crippen LogP contribution is -2.43. The lowest BCUT2D eigenvalue weighted by molar-refractivity contribution is 0.00127. The molecule has 1 heterocycles. The largest absolute Gasteiger partial charge is 0.372 e. The number of benzene rings is 1. The van der Waals surface area contributed by atoms with Gasteiger partial charge in [-0.2, -0.15) is 0 Å². The first-order valence-electron chi connectivity index (χ1n) is 7.70. The van der Waals surface area contributed by atoms with E-state index in [4.69, 9.17) is 4.74 Å². The number of rotatable bonds is 6. The first-order chi connectivity index (χ1) is 9.27. The van der Waals surface area contributed by atoms with Crippen molar-refractivity contribution in [1.29, 1.82) is 0 Å². The third-order valence-electron chi connectivity index (χ3n) is 4.24. The van der Waals surface area contributed by atoms with Crippen molar-refractivity contribution < 1.29 is 4.74 Å². The van der Waals surface area contributed by atoms with Gasteiger partial charge < -0.3 is 10.1 Å². The average molecular weight is 261 g/mol. The van der Waals surface area contributed by atoms with E-state index in [1.807, 2.05) is 0 Å². The average Bonchev–Trinajstić information content (AvgIpc) is 2.47. The van der Waals surface area contributed by atoms with Crippen LogP contribution in [0, 0.1) is 5.92 Å². The molecule has 0 aromatic heterocycles. The van der Waals surface area contributed by atoms with Crippen LogP contribution >= 0.6 is 0 Å². The van der Waals surface area contributed by atoms with Crippen molar-refractivity contribution >= 4 is 0 Å². The summed E-state index contributed by atoms with van der Waals surface area (Å²) >= 11 is 0. The van der Waals surface area contributed by atoms with Crippen LogP contribution in [0.1, 0.15) is 50.8 Å². The minimum atomic E-state index is 0.214. The second-order valence-electron chi connectivity index (χ2n) is 5.61. The van der Waals surface area contributed by atoms with Gasteiger partial charge in [0.25, 0.3) is 0 Å². The molecule has 1 aromatic carbocycles. The normalized spacial score (nSPS) is 21.7. The molecule has 0 saturated heterocycles. The molecule has 0 saturated carbocycles. The number of fused-ring (bicyclic) bond motifs is 1. The molecule has 0 amide bonds. The Labute approximate surface area is 117 Å². The molecule has 0 fully saturated rings. The highest BCUT2D eigenvalue weighted by atomic mass is 16.5. The van der Waals surface area contributed by atoms with Crippen LogP contribution in [0.15, 0.2) is 24.3 Å². The van der Waals surface area contributed by atoms with Gasteiger partial charge in [-0.15, -0.1) is 0 Å². The van der Waals surface area contributed by atoms with E-state index in [-0.39, 0.29) is 6.10 Å². The van der Waals surface area contributed by atoms with E-state index in [0.717, 1.165) is 19.6 Å². The van der Waals surface area contributed by atoms with E-state index in [2.05, 4.69) is 50.4 Å². The van der Waals surface area contributed by atoms with Crippen LogP contribution in [0.5, 0.6) is 0 Å². The predicted octanol–water partition coefficient (Wildman–Crippen LogP) is 3.71. The fourth-order valence-electron chi connectivity index (χ4n) is 2.89. The molecule has 3 atom stereocenters. The number of hydrogen-bond donors (Lipinski definition) is 1. The van der Waals surface area contributed by atoms with Gasteiger partial charge >= 0.3 is 0 Å². The van der Waals surface area contributed by atoms with Gasteiger partial charge in [0.1, 0.15) is 0 Å². The van der Waals surface area contributed by atoms with Crippen LogP contribution in [0.25, 0.3) is 0 Å². The van der Waals surface area contributed by atoms with Crippen LogP contribution < -0.4 is 5.32 Å². The quantitative estimate of drug-likeness (QED) is 0.843. The molecular formula is C17H27NO. The molecule has 19 heavy (non-hydrogen) atoms. The Balaban J connectivity index is 2.22. The van der Waals surface area contributed by atoms with Crippen molar-refractivity contribution in [2.75, 3.05) is 13.2 Å². The minimum absolute atomic E-state index is 0.214. The molecule has 1 aromatic rings. The van der Waals surface area contributed by atoms with Crippen molar-refractivity contribution in [3.63, 3.8) is 0 Å². The highest BCUT2D eigenvalue weighted by Crippen LogP contribution is 2.33. The van der Waals surface area contributed by atoms with Gasteiger partial charge in [-0.05, 0) is 36.4 Å². The highest BCUT2D eigenvalue weighted by molar-refractivity contribution is 5.32. The van der Waals surface area contributed by atoms with Crippen molar-refractivity contribution in [1.82, 2.24) is 5.32 Å². The highest BCUT2D eigenvalue weighted by Gasteiger charge is 2.31. The molecule has 2 heteroatoms. The molecule has 1 N–H and O–H groups in total. The summed E-state index contributed by atoms with van der Waals surface area (Å²) in [5.74, 6) is 0.628. The lowest BCUT2D eigenvalue weighted by atomic mass is 9.86. The summed E-state index contributed by atoms with van der Waals surface area (Å²) in [5.41, 5.74) is 2.85. The van der Waals surface area contributed by atoms with Gasteiger partial charge in [-0.3, -0.25) is 0 Å². The van der Waals surface area contributed by atoms with Crippen molar-refractivity contribution in [3.05, 3.63) is 35.4 Å². The van der Waals surface area contributed by atoms with Gasteiger partial charge in [0.2, 0.25) is 0 Å². The van der Waals surface area contributed by atoms with Gasteiger partial charge in [0, 0.05) is 6.04 Å². The maximum absolute atomic E-state index is 6.12. The molecule has 1 aliphatic heterocycles. The van der Waals surface area contributed by atoms with Crippen molar-refractivity contribution in [2.45, 2.75) is 52.2 Å². The summed E-state index contributed by atoms with van der Waals surface area (Å²) < 4.78 is 6.12. The van der Waals surface area contributed by atoms with Gasteiger partial charge in [0.05, 0.1) is 12.7 Å². The number of hydrogen-bond acceptors (Lipinski definition) is 2. The monoisotopic (exact) mass is 261 g/mol. The van der Waals surface area contributed by atoms with E-state index >= 15 is 0 Å². The molecule has 0 aliphatic carbocycles. The summed E-state index contributed by atoms with van der Waals surface area (Å²) in [4.78, 5) is 0. The van der Waals surface area contributed by atoms with Crippen LogP contribution in [0.2, 0.25) is 0 Å². The molecule has 0 radical (unpaired) electrons. The zero-order valence-corrected chi connectivity index (χ0v) is 12.5. The lowest BCUT2D eigenvalue weighted by Gasteiger charge is -2.36. The summed E-state index contributed by atoms with van der Waals surface area (Å²) in [6.45, 7) is 8.73. The Morgan fingerprint density at radius 3 is 2.84 bits per heavy atom. The van der Waals surface area contributed by atoms with Crippen molar-refractivity contribution in [3.8, 4) is 0 Å². The molecule has 106 valence electrons. The van der Waals surface area contributed by atoms with Crippen molar-refractivity contribution in [2.24, 2.45) is 5.92 Å². The molecular weight excluding hydrogens is 234 g/mol. The molecule has 0 bridgehead atoms. The number of ether oxygens (including phenoxy) is 1. The van der Waals surface area contributed by atoms with E-state index in [9.17, 15) is 0 Å². The first-order valence-corrected chi connectivity index (χ1v) is 7.70. The van der Waals surface area contributed by atoms with Crippen LogP contribution in [-0.4, -0.2) is 19.2 Å². The molecule has 0 spiro atoms. The topological polar surface area (TPSA) is 21.3 Å². The van der Waals surface area contributed by atoms with Crippen LogP contribution in [0.4, 0.5) is 0 Å². The fourth-order valence-corrected chi connectivity index (χ4v) is 2.89. The fraction of sp³-hybridized carbons (Fsp3) is 0.647. The molecule has 1 aliphatic rings. The zero-order valence-electron chi connectivity index (χ0n) is 12.5. The van der Waals surface area contributed by atoms with Crippen LogP contribution in [-0.2, 0) is 11.2 Å². The summed E-state index contributed by atoms with van der Waals surface area (Å²) in [5, 5.41) is 3.71. The smallest absolute Gasteiger partial charge is 0.0983 e. The van der Waals surface area contributed by atoms with E-state index < -0.39 is 0 Å². The Morgan fingerprint density at radius 1 is 1.32 bits per heavy atom. The van der Waals surface area contributed by atoms with E-state index in [1.165, 1.54) is 24.0 Å². The molecule has 2 nitrogen and oxygen atoms in total. The zero-order chi connectivity index (χ0) is 13.7. The Bertz CT molecular complexity index is 391. The van der Waals surface area contributed by atoms with Gasteiger partial charge in [-0.1, -0.05) is 51.5 Å². The summed E-state index contributed by atoms with van der Waals surface area (Å²) in [7, 11) is 0. The SMILES string of the molecule is CCCNC(C(C)CC)C1OCCc2ccccc21. The van der Waals surface area contributed by atoms with Gasteiger partial charge in [0.15, 0.2) is 0 Å². The second-order valence-corrected chi connectivity index (χ2v) is 5.61. The summed E-state index contributed by atoms with van der Waals surface area (Å²) in [6, 6.07) is 9.18. The van der Waals surface area contributed by atoms with E-state index in [0.29, 0.717) is 12.0 Å². The standard InChI is InChI=1S/C17H27NO/c1-4-11-18-16(13(3)5-2)17-15-9-7-6-8-14(15)10-12-19-17/h6-9,13,16-18H,4-5,10-12H2,1-3H3. The predicted molar refractivity (Wildman–Crippen MR) is 80.4 cm³/mol. The molecule has 2 rings (SSSR count). The third kappa shape index (κ3) is 3.37. The van der Waals surface area contributed by atoms with E-state index in [1.54, 1.807) is 0 Å². The molecule has 3 unspecified atom stereocenters. The summed E-state index contributed by atoms with van der Waals surface area (Å²) in [6.07, 6.45) is 3.62. The second kappa shape index (κ2) is 7.06. The van der Waals surface area contributed by atoms with Crippen LogP contribution in [0.3, 0.4) is 0 Å².